The fourth-order valence-electron chi connectivity index (χ4n) is 4.02. The second kappa shape index (κ2) is 12.7. The summed E-state index contributed by atoms with van der Waals surface area (Å²) >= 11 is 0. The molecule has 0 bridgehead atoms. The lowest BCUT2D eigenvalue weighted by molar-refractivity contribution is -0.141. The Labute approximate surface area is 209 Å². The van der Waals surface area contributed by atoms with Crippen molar-refractivity contribution < 1.29 is 14.3 Å². The van der Waals surface area contributed by atoms with E-state index in [-0.39, 0.29) is 24.3 Å². The Morgan fingerprint density at radius 2 is 1.60 bits per heavy atom. The first-order chi connectivity index (χ1) is 16.9. The lowest BCUT2D eigenvalue weighted by Crippen LogP contribution is -2.52. The minimum absolute atomic E-state index is 0.0262. The third kappa shape index (κ3) is 7.71. The highest BCUT2D eigenvalue weighted by atomic mass is 16.5. The molecule has 2 amide bonds. The van der Waals surface area contributed by atoms with Gasteiger partial charge in [-0.3, -0.25) is 9.59 Å². The summed E-state index contributed by atoms with van der Waals surface area (Å²) in [5.41, 5.74) is 4.02. The van der Waals surface area contributed by atoms with Gasteiger partial charge in [-0.15, -0.1) is 0 Å². The summed E-state index contributed by atoms with van der Waals surface area (Å²) < 4.78 is 5.25. The Hall–Kier alpha value is -3.60. The van der Waals surface area contributed by atoms with E-state index < -0.39 is 6.04 Å². The standard InChI is InChI=1S/C30H36N2O3/c1-5-23(3)31-30(34)28(19-24-11-7-6-8-12-24)32(21-26-13-9-10-22(2)18-26)29(33)20-25-14-16-27(35-4)17-15-25/h6-18,23,28H,5,19-21H2,1-4H3,(H,31,34)/t23-,28+/m0/s1. The summed E-state index contributed by atoms with van der Waals surface area (Å²) in [5.74, 6) is 0.531. The number of nitrogens with zero attached hydrogens (tertiary/aromatic N) is 1. The zero-order valence-corrected chi connectivity index (χ0v) is 21.2. The summed E-state index contributed by atoms with van der Waals surface area (Å²) in [4.78, 5) is 29.0. The molecule has 3 rings (SSSR count). The molecule has 0 aromatic heterocycles. The Morgan fingerprint density at radius 1 is 0.914 bits per heavy atom. The Kier molecular flexibility index (Phi) is 9.47. The number of methoxy groups -OCH3 is 1. The molecule has 3 aromatic carbocycles. The third-order valence-electron chi connectivity index (χ3n) is 6.22. The topological polar surface area (TPSA) is 58.6 Å². The van der Waals surface area contributed by atoms with E-state index in [0.29, 0.717) is 13.0 Å². The van der Waals surface area contributed by atoms with Crippen molar-refractivity contribution in [2.24, 2.45) is 0 Å². The van der Waals surface area contributed by atoms with Crippen LogP contribution in [0.3, 0.4) is 0 Å². The van der Waals surface area contributed by atoms with E-state index in [4.69, 9.17) is 4.74 Å². The number of aryl methyl sites for hydroxylation is 1. The van der Waals surface area contributed by atoms with Gasteiger partial charge in [-0.05, 0) is 49.1 Å². The molecule has 0 saturated carbocycles. The Bertz CT molecular complexity index is 1100. The number of hydrogen-bond donors (Lipinski definition) is 1. The Balaban J connectivity index is 1.95. The van der Waals surface area contributed by atoms with E-state index in [0.717, 1.165) is 34.4 Å². The minimum atomic E-state index is -0.627. The van der Waals surface area contributed by atoms with Crippen molar-refractivity contribution in [1.82, 2.24) is 10.2 Å². The lowest BCUT2D eigenvalue weighted by Gasteiger charge is -2.32. The molecule has 0 fully saturated rings. The molecule has 0 radical (unpaired) electrons. The van der Waals surface area contributed by atoms with Gasteiger partial charge in [0.1, 0.15) is 11.8 Å². The van der Waals surface area contributed by atoms with Gasteiger partial charge in [0, 0.05) is 19.0 Å². The van der Waals surface area contributed by atoms with Crippen molar-refractivity contribution >= 4 is 11.8 Å². The van der Waals surface area contributed by atoms with Crippen LogP contribution in [0.4, 0.5) is 0 Å². The third-order valence-corrected chi connectivity index (χ3v) is 6.22. The molecule has 184 valence electrons. The number of hydrogen-bond acceptors (Lipinski definition) is 3. The van der Waals surface area contributed by atoms with Gasteiger partial charge < -0.3 is 15.0 Å². The fourth-order valence-corrected chi connectivity index (χ4v) is 4.02. The minimum Gasteiger partial charge on any atom is -0.497 e. The second-order valence-electron chi connectivity index (χ2n) is 9.06. The van der Waals surface area contributed by atoms with Crippen molar-refractivity contribution in [2.45, 2.75) is 58.7 Å². The quantitative estimate of drug-likeness (QED) is 0.422. The molecule has 0 heterocycles. The number of carbonyl (C=O) groups is 2. The lowest BCUT2D eigenvalue weighted by atomic mass is 10.0. The number of nitrogens with one attached hydrogen (secondary N) is 1. The molecule has 2 atom stereocenters. The van der Waals surface area contributed by atoms with Gasteiger partial charge in [-0.1, -0.05) is 79.2 Å². The van der Waals surface area contributed by atoms with Gasteiger partial charge in [0.15, 0.2) is 0 Å². The van der Waals surface area contributed by atoms with Crippen LogP contribution in [0.5, 0.6) is 5.75 Å². The zero-order chi connectivity index (χ0) is 25.2. The van der Waals surface area contributed by atoms with Gasteiger partial charge in [0.25, 0.3) is 0 Å². The van der Waals surface area contributed by atoms with Gasteiger partial charge in [-0.2, -0.15) is 0 Å². The predicted molar refractivity (Wildman–Crippen MR) is 140 cm³/mol. The average Bonchev–Trinajstić information content (AvgIpc) is 2.87. The molecule has 1 N–H and O–H groups in total. The molecule has 0 spiro atoms. The van der Waals surface area contributed by atoms with Crippen LogP contribution in [0.15, 0.2) is 78.9 Å². The van der Waals surface area contributed by atoms with Gasteiger partial charge in [0.05, 0.1) is 13.5 Å². The van der Waals surface area contributed by atoms with E-state index in [9.17, 15) is 9.59 Å². The van der Waals surface area contributed by atoms with E-state index >= 15 is 0 Å². The number of amides is 2. The molecular formula is C30H36N2O3. The maximum Gasteiger partial charge on any atom is 0.243 e. The fraction of sp³-hybridized carbons (Fsp3) is 0.333. The van der Waals surface area contributed by atoms with Gasteiger partial charge >= 0.3 is 0 Å². The van der Waals surface area contributed by atoms with Gasteiger partial charge in [0.2, 0.25) is 11.8 Å². The van der Waals surface area contributed by atoms with Gasteiger partial charge in [-0.25, -0.2) is 0 Å². The molecule has 35 heavy (non-hydrogen) atoms. The van der Waals surface area contributed by atoms with E-state index in [2.05, 4.69) is 11.4 Å². The highest BCUT2D eigenvalue weighted by molar-refractivity contribution is 5.89. The smallest absolute Gasteiger partial charge is 0.243 e. The van der Waals surface area contributed by atoms with E-state index in [1.165, 1.54) is 0 Å². The molecule has 0 aliphatic carbocycles. The van der Waals surface area contributed by atoms with Crippen LogP contribution in [0, 0.1) is 6.92 Å². The summed E-state index contributed by atoms with van der Waals surface area (Å²) in [7, 11) is 1.62. The molecular weight excluding hydrogens is 436 g/mol. The molecule has 0 unspecified atom stereocenters. The summed E-state index contributed by atoms with van der Waals surface area (Å²) in [6.45, 7) is 6.42. The normalized spacial score (nSPS) is 12.5. The molecule has 0 saturated heterocycles. The molecule has 5 heteroatoms. The van der Waals surface area contributed by atoms with E-state index in [1.807, 2.05) is 93.6 Å². The summed E-state index contributed by atoms with van der Waals surface area (Å²) in [6.07, 6.45) is 1.47. The molecule has 0 aliphatic heterocycles. The maximum absolute atomic E-state index is 13.8. The van der Waals surface area contributed by atoms with Crippen LogP contribution in [0.25, 0.3) is 0 Å². The van der Waals surface area contributed by atoms with Crippen LogP contribution < -0.4 is 10.1 Å². The number of carbonyl (C=O) groups excluding carboxylic acids is 2. The number of benzene rings is 3. The number of rotatable bonds is 11. The summed E-state index contributed by atoms with van der Waals surface area (Å²) in [6, 6.07) is 24.9. The first-order valence-electron chi connectivity index (χ1n) is 12.2. The second-order valence-corrected chi connectivity index (χ2v) is 9.06. The summed E-state index contributed by atoms with van der Waals surface area (Å²) in [5, 5.41) is 3.11. The zero-order valence-electron chi connectivity index (χ0n) is 21.2. The van der Waals surface area contributed by atoms with Crippen LogP contribution in [0.2, 0.25) is 0 Å². The Morgan fingerprint density at radius 3 is 2.23 bits per heavy atom. The largest absolute Gasteiger partial charge is 0.497 e. The van der Waals surface area contributed by atoms with Crippen LogP contribution in [-0.2, 0) is 29.0 Å². The van der Waals surface area contributed by atoms with Crippen molar-refractivity contribution in [3.05, 3.63) is 101 Å². The highest BCUT2D eigenvalue weighted by Gasteiger charge is 2.31. The number of ether oxygens (including phenoxy) is 1. The van der Waals surface area contributed by atoms with Crippen molar-refractivity contribution in [1.29, 1.82) is 0 Å². The molecule has 5 nitrogen and oxygen atoms in total. The monoisotopic (exact) mass is 472 g/mol. The first-order valence-corrected chi connectivity index (χ1v) is 12.2. The van der Waals surface area contributed by atoms with E-state index in [1.54, 1.807) is 12.0 Å². The van der Waals surface area contributed by atoms with Crippen molar-refractivity contribution in [3.63, 3.8) is 0 Å². The molecule has 3 aromatic rings. The maximum atomic E-state index is 13.8. The highest BCUT2D eigenvalue weighted by Crippen LogP contribution is 2.19. The van der Waals surface area contributed by atoms with Crippen LogP contribution in [0.1, 0.15) is 42.5 Å². The SMILES string of the molecule is CC[C@H](C)NC(=O)[C@@H](Cc1ccccc1)N(Cc1cccc(C)c1)C(=O)Cc1ccc(OC)cc1. The molecule has 0 aliphatic rings. The van der Waals surface area contributed by atoms with Crippen LogP contribution in [-0.4, -0.2) is 35.9 Å². The van der Waals surface area contributed by atoms with Crippen LogP contribution >= 0.6 is 0 Å². The van der Waals surface area contributed by atoms with Crippen molar-refractivity contribution in [2.75, 3.05) is 7.11 Å². The predicted octanol–water partition coefficient (Wildman–Crippen LogP) is 5.10. The average molecular weight is 473 g/mol. The first kappa shape index (κ1) is 26.0. The van der Waals surface area contributed by atoms with Crippen molar-refractivity contribution in [3.8, 4) is 5.75 Å².